The van der Waals surface area contributed by atoms with E-state index >= 15 is 0 Å². The first-order valence-electron chi connectivity index (χ1n) is 4.69. The smallest absolute Gasteiger partial charge is 0.256 e. The van der Waals surface area contributed by atoms with Gasteiger partial charge in [-0.1, -0.05) is 12.1 Å². The van der Waals surface area contributed by atoms with Gasteiger partial charge in [0.1, 0.15) is 11.5 Å². The minimum atomic E-state index is -0.921. The number of aldehydes is 1. The van der Waals surface area contributed by atoms with Crippen molar-refractivity contribution in [2.24, 2.45) is 0 Å². The third-order valence-corrected chi connectivity index (χ3v) is 2.68. The van der Waals surface area contributed by atoms with Crippen LogP contribution in [0, 0.1) is 0 Å². The van der Waals surface area contributed by atoms with Gasteiger partial charge in [-0.3, -0.25) is 9.59 Å². The number of hydrogen-bond acceptors (Lipinski definition) is 4. The summed E-state index contributed by atoms with van der Waals surface area (Å²) in [4.78, 5) is 22.2. The molecule has 2 rings (SSSR count). The molecule has 0 fully saturated rings. The van der Waals surface area contributed by atoms with Crippen LogP contribution in [0.1, 0.15) is 20.7 Å². The number of rotatable bonds is 2. The van der Waals surface area contributed by atoms with Crippen molar-refractivity contribution in [2.75, 3.05) is 0 Å². The Balaban J connectivity index is 3.00. The highest BCUT2D eigenvalue weighted by Crippen LogP contribution is 2.34. The molecule has 0 aliphatic rings. The molecule has 86 valence electrons. The fraction of sp³-hybridized carbons (Fsp3) is 0. The first-order valence-corrected chi connectivity index (χ1v) is 5.06. The van der Waals surface area contributed by atoms with Crippen LogP contribution >= 0.6 is 11.6 Å². The highest BCUT2D eigenvalue weighted by Gasteiger charge is 2.18. The zero-order chi connectivity index (χ0) is 12.6. The van der Waals surface area contributed by atoms with E-state index < -0.39 is 11.0 Å². The maximum atomic E-state index is 11.2. The number of hydrogen-bond donors (Lipinski definition) is 2. The normalized spacial score (nSPS) is 10.4. The maximum Gasteiger partial charge on any atom is 0.256 e. The molecule has 2 aromatic carbocycles. The number of carbonyl (C=O) groups excluding carboxylic acids is 2. The second kappa shape index (κ2) is 4.07. The summed E-state index contributed by atoms with van der Waals surface area (Å²) >= 11 is 5.31. The van der Waals surface area contributed by atoms with E-state index in [1.165, 1.54) is 18.2 Å². The number of phenols is 2. The second-order valence-corrected chi connectivity index (χ2v) is 3.79. The van der Waals surface area contributed by atoms with E-state index in [4.69, 9.17) is 11.6 Å². The number of fused-ring (bicyclic) bond motifs is 1. The van der Waals surface area contributed by atoms with Crippen molar-refractivity contribution in [3.05, 3.63) is 35.4 Å². The van der Waals surface area contributed by atoms with Crippen LogP contribution in [0.3, 0.4) is 0 Å². The third kappa shape index (κ3) is 1.72. The monoisotopic (exact) mass is 250 g/mol. The Bertz CT molecular complexity index is 634. The van der Waals surface area contributed by atoms with Crippen molar-refractivity contribution in [3.8, 4) is 11.5 Å². The number of halogens is 1. The summed E-state index contributed by atoms with van der Waals surface area (Å²) in [7, 11) is 0. The molecule has 0 saturated carbocycles. The van der Waals surface area contributed by atoms with E-state index in [9.17, 15) is 19.8 Å². The van der Waals surface area contributed by atoms with Gasteiger partial charge in [0.2, 0.25) is 0 Å². The van der Waals surface area contributed by atoms with Gasteiger partial charge in [0, 0.05) is 10.9 Å². The lowest BCUT2D eigenvalue weighted by molar-refractivity contribution is 0.106. The van der Waals surface area contributed by atoms with Gasteiger partial charge in [-0.25, -0.2) is 0 Å². The van der Waals surface area contributed by atoms with Gasteiger partial charge in [0.25, 0.3) is 5.24 Å². The zero-order valence-corrected chi connectivity index (χ0v) is 9.23. The summed E-state index contributed by atoms with van der Waals surface area (Å²) in [6.07, 6.45) is 0.428. The number of aromatic hydroxyl groups is 2. The number of benzene rings is 2. The molecule has 0 atom stereocenters. The van der Waals surface area contributed by atoms with Crippen molar-refractivity contribution in [2.45, 2.75) is 0 Å². The Labute approximate surface area is 101 Å². The molecule has 0 bridgehead atoms. The standard InChI is InChI=1S/C12H7ClO4/c13-12(17)11-8(5-14)6-2-1-3-9(15)7(6)4-10(11)16/h1-5,15-16H. The van der Waals surface area contributed by atoms with Crippen LogP contribution in [-0.4, -0.2) is 21.7 Å². The van der Waals surface area contributed by atoms with Crippen LogP contribution in [0.25, 0.3) is 10.8 Å². The molecular weight excluding hydrogens is 244 g/mol. The lowest BCUT2D eigenvalue weighted by Crippen LogP contribution is -1.98. The summed E-state index contributed by atoms with van der Waals surface area (Å²) in [6, 6.07) is 5.71. The van der Waals surface area contributed by atoms with Gasteiger partial charge in [0.05, 0.1) is 5.56 Å². The molecular formula is C12H7ClO4. The Kier molecular flexibility index (Phi) is 2.73. The molecule has 17 heavy (non-hydrogen) atoms. The van der Waals surface area contributed by atoms with E-state index in [0.717, 1.165) is 0 Å². The molecule has 0 aliphatic carbocycles. The largest absolute Gasteiger partial charge is 0.507 e. The van der Waals surface area contributed by atoms with Gasteiger partial charge in [-0.05, 0) is 29.1 Å². The Morgan fingerprint density at radius 2 is 1.88 bits per heavy atom. The van der Waals surface area contributed by atoms with Crippen molar-refractivity contribution in [3.63, 3.8) is 0 Å². The van der Waals surface area contributed by atoms with Crippen molar-refractivity contribution in [1.29, 1.82) is 0 Å². The van der Waals surface area contributed by atoms with Crippen molar-refractivity contribution >= 4 is 33.9 Å². The molecule has 2 N–H and O–H groups in total. The summed E-state index contributed by atoms with van der Waals surface area (Å²) < 4.78 is 0. The SMILES string of the molecule is O=Cc1c(C(=O)Cl)c(O)cc2c(O)cccc12. The van der Waals surface area contributed by atoms with E-state index in [0.29, 0.717) is 11.7 Å². The lowest BCUT2D eigenvalue weighted by atomic mass is 9.99. The van der Waals surface area contributed by atoms with Crippen LogP contribution < -0.4 is 0 Å². The highest BCUT2D eigenvalue weighted by atomic mass is 35.5. The maximum absolute atomic E-state index is 11.2. The lowest BCUT2D eigenvalue weighted by Gasteiger charge is -2.08. The average Bonchev–Trinajstić information content (AvgIpc) is 2.28. The quantitative estimate of drug-likeness (QED) is 0.634. The fourth-order valence-electron chi connectivity index (χ4n) is 1.75. The Morgan fingerprint density at radius 3 is 2.47 bits per heavy atom. The highest BCUT2D eigenvalue weighted by molar-refractivity contribution is 6.68. The Morgan fingerprint density at radius 1 is 1.18 bits per heavy atom. The zero-order valence-electron chi connectivity index (χ0n) is 8.48. The average molecular weight is 251 g/mol. The molecule has 0 heterocycles. The van der Waals surface area contributed by atoms with E-state index in [1.807, 2.05) is 0 Å². The van der Waals surface area contributed by atoms with Crippen LogP contribution in [0.2, 0.25) is 0 Å². The van der Waals surface area contributed by atoms with E-state index in [-0.39, 0.29) is 22.3 Å². The molecule has 0 radical (unpaired) electrons. The molecule has 5 heteroatoms. The van der Waals surface area contributed by atoms with Crippen LogP contribution in [-0.2, 0) is 0 Å². The predicted octanol–water partition coefficient (Wildman–Crippen LogP) is 2.44. The van der Waals surface area contributed by atoms with E-state index in [1.54, 1.807) is 6.07 Å². The second-order valence-electron chi connectivity index (χ2n) is 3.45. The first-order chi connectivity index (χ1) is 8.06. The number of phenolic OH excluding ortho intramolecular Hbond substituents is 2. The summed E-state index contributed by atoms with van der Waals surface area (Å²) in [5.41, 5.74) is -0.282. The van der Waals surface area contributed by atoms with Gasteiger partial charge < -0.3 is 10.2 Å². The molecule has 0 saturated heterocycles. The van der Waals surface area contributed by atoms with Gasteiger partial charge in [-0.2, -0.15) is 0 Å². The molecule has 2 aromatic rings. The van der Waals surface area contributed by atoms with Crippen molar-refractivity contribution in [1.82, 2.24) is 0 Å². The summed E-state index contributed by atoms with van der Waals surface area (Å²) in [5, 5.41) is 19.0. The molecule has 0 spiro atoms. The summed E-state index contributed by atoms with van der Waals surface area (Å²) in [6.45, 7) is 0. The third-order valence-electron chi connectivity index (χ3n) is 2.49. The van der Waals surface area contributed by atoms with E-state index in [2.05, 4.69) is 0 Å². The topological polar surface area (TPSA) is 74.6 Å². The molecule has 0 amide bonds. The Hall–Kier alpha value is -2.07. The first kappa shape index (κ1) is 11.4. The van der Waals surface area contributed by atoms with Crippen molar-refractivity contribution < 1.29 is 19.8 Å². The van der Waals surface area contributed by atoms with Crippen LogP contribution in [0.15, 0.2) is 24.3 Å². The van der Waals surface area contributed by atoms with Gasteiger partial charge in [0.15, 0.2) is 6.29 Å². The van der Waals surface area contributed by atoms with Gasteiger partial charge >= 0.3 is 0 Å². The minimum absolute atomic E-state index is 0.0316. The summed E-state index contributed by atoms with van der Waals surface area (Å²) in [5.74, 6) is -0.518. The van der Waals surface area contributed by atoms with Crippen LogP contribution in [0.4, 0.5) is 0 Å². The molecule has 4 nitrogen and oxygen atoms in total. The predicted molar refractivity (Wildman–Crippen MR) is 62.8 cm³/mol. The number of carbonyl (C=O) groups is 2. The van der Waals surface area contributed by atoms with Crippen LogP contribution in [0.5, 0.6) is 11.5 Å². The van der Waals surface area contributed by atoms with Gasteiger partial charge in [-0.15, -0.1) is 0 Å². The molecule has 0 unspecified atom stereocenters. The fourth-order valence-corrected chi connectivity index (χ4v) is 1.95. The minimum Gasteiger partial charge on any atom is -0.507 e. The molecule has 0 aromatic heterocycles. The molecule has 0 aliphatic heterocycles.